The van der Waals surface area contributed by atoms with Gasteiger partial charge in [-0.05, 0) is 89.4 Å². The molecule has 4 aliphatic heterocycles. The topological polar surface area (TPSA) is 129 Å². The first-order chi connectivity index (χ1) is 26.3. The molecular formula is C45H54MgN4O6. The molecule has 0 saturated carbocycles. The summed E-state index contributed by atoms with van der Waals surface area (Å²) in [5.74, 6) is -2.18. The molecule has 2 saturated heterocycles. The maximum atomic E-state index is 14.3. The maximum absolute atomic E-state index is 14.3. The van der Waals surface area contributed by atoms with E-state index < -0.39 is 23.7 Å². The standard InChI is InChI=1S/C45H54N4O6.Mg/c1-11-29-25(6)33-21-36-30(12-2)28(9)45(49(36)55-45)22-35-26(7)31(16-17-37(50)54-19-18-24(5)15-13-14-23(3)4)41(48-35)39-40(44(52)53-10)43(51)38-27(8)32(47-42(38)39)20-34(29)46-33;/h12,18,20-23,26,31,40-41H,2,11,13-17,19H2,1,3-10H3,(H,46,51);/q-2;+2/b24-18-,35-22-,36-21-;/t26-,31-,40+,41?,45+,49?;/m0./s1. The van der Waals surface area contributed by atoms with E-state index in [0.29, 0.717) is 39.7 Å². The summed E-state index contributed by atoms with van der Waals surface area (Å²) >= 11 is 0. The molecular weight excluding hydrogens is 717 g/mol. The van der Waals surface area contributed by atoms with Crippen molar-refractivity contribution in [2.45, 2.75) is 106 Å². The van der Waals surface area contributed by atoms with Gasteiger partial charge in [0, 0.05) is 23.1 Å². The Hall–Kier alpha value is -3.90. The Morgan fingerprint density at radius 2 is 1.86 bits per heavy atom. The summed E-state index contributed by atoms with van der Waals surface area (Å²) in [5.41, 5.74) is 9.65. The second-order valence-corrected chi connectivity index (χ2v) is 16.2. The van der Waals surface area contributed by atoms with E-state index in [2.05, 4.69) is 67.2 Å². The van der Waals surface area contributed by atoms with Crippen molar-refractivity contribution in [1.82, 2.24) is 9.97 Å². The van der Waals surface area contributed by atoms with Gasteiger partial charge >= 0.3 is 40.7 Å². The van der Waals surface area contributed by atoms with Gasteiger partial charge in [-0.15, -0.1) is 32.0 Å². The number of carbonyl (C=O) groups is 3. The third-order valence-electron chi connectivity index (χ3n) is 12.5. The number of ether oxygens (including phenoxy) is 2. The van der Waals surface area contributed by atoms with Crippen molar-refractivity contribution in [1.29, 1.82) is 0 Å². The Bertz CT molecular complexity index is 2230. The van der Waals surface area contributed by atoms with Crippen LogP contribution in [0.25, 0.3) is 23.0 Å². The van der Waals surface area contributed by atoms with Crippen LogP contribution >= 0.6 is 0 Å². The smallest absolute Gasteiger partial charge is 0.681 e. The van der Waals surface area contributed by atoms with Crippen LogP contribution in [0, 0.1) is 37.5 Å². The van der Waals surface area contributed by atoms with E-state index >= 15 is 0 Å². The van der Waals surface area contributed by atoms with Crippen LogP contribution in [0.1, 0.15) is 112 Å². The molecule has 2 aromatic heterocycles. The predicted octanol–water partition coefficient (Wildman–Crippen LogP) is 4.75. The zero-order valence-electron chi connectivity index (χ0n) is 34.4. The summed E-state index contributed by atoms with van der Waals surface area (Å²) in [5, 5.41) is 7.29. The van der Waals surface area contributed by atoms with Crippen LogP contribution in [0.4, 0.5) is 0 Å². The van der Waals surface area contributed by atoms with Crippen LogP contribution in [0.15, 0.2) is 52.9 Å². The van der Waals surface area contributed by atoms with Gasteiger partial charge in [0.25, 0.3) is 0 Å². The molecule has 1 aliphatic carbocycles. The third kappa shape index (κ3) is 7.03. The molecule has 0 aromatic carbocycles. The van der Waals surface area contributed by atoms with Crippen molar-refractivity contribution in [2.75, 3.05) is 13.7 Å². The number of Topliss-reactive ketones (excluding diaryl/α,β-unsaturated/α-hetero) is 1. The van der Waals surface area contributed by atoms with E-state index in [1.807, 2.05) is 25.2 Å². The minimum Gasteiger partial charge on any atom is -0.681 e. The first-order valence-corrected chi connectivity index (χ1v) is 19.8. The van der Waals surface area contributed by atoms with Crippen LogP contribution in [0.3, 0.4) is 0 Å². The number of fused-ring (bicyclic) bond motifs is 6. The van der Waals surface area contributed by atoms with E-state index in [0.717, 1.165) is 75.8 Å². The summed E-state index contributed by atoms with van der Waals surface area (Å²) in [7, 11) is 1.30. The monoisotopic (exact) mass is 770 g/mol. The summed E-state index contributed by atoms with van der Waals surface area (Å²) in [6.07, 6.45) is 14.6. The number of rotatable bonds is 12. The predicted molar refractivity (Wildman–Crippen MR) is 216 cm³/mol. The number of allylic oxidation sites excluding steroid dienone is 3. The minimum absolute atomic E-state index is 0. The van der Waals surface area contributed by atoms with Crippen molar-refractivity contribution in [3.63, 3.8) is 0 Å². The molecule has 6 heterocycles. The second-order valence-electron chi connectivity index (χ2n) is 16.2. The molecule has 56 heavy (non-hydrogen) atoms. The molecule has 2 unspecified atom stereocenters. The van der Waals surface area contributed by atoms with Gasteiger partial charge in [-0.1, -0.05) is 86.7 Å². The Morgan fingerprint density at radius 1 is 1.11 bits per heavy atom. The number of carbonyl (C=O) groups excluding carboxylic acids is 3. The fourth-order valence-electron chi connectivity index (χ4n) is 9.15. The van der Waals surface area contributed by atoms with Gasteiger partial charge in [-0.3, -0.25) is 14.4 Å². The van der Waals surface area contributed by atoms with E-state index in [4.69, 9.17) is 29.6 Å². The van der Waals surface area contributed by atoms with Crippen molar-refractivity contribution in [3.8, 4) is 0 Å². The summed E-state index contributed by atoms with van der Waals surface area (Å²) in [6, 6.07) is -0.614. The van der Waals surface area contributed by atoms with E-state index in [1.54, 1.807) is 0 Å². The van der Waals surface area contributed by atoms with Crippen LogP contribution in [0.5, 0.6) is 0 Å². The van der Waals surface area contributed by atoms with Crippen molar-refractivity contribution in [3.05, 3.63) is 103 Å². The first kappa shape index (κ1) is 41.7. The zero-order valence-corrected chi connectivity index (χ0v) is 35.8. The molecule has 292 valence electrons. The average Bonchev–Trinajstić information content (AvgIpc) is 3.27. The third-order valence-corrected chi connectivity index (χ3v) is 12.5. The molecule has 0 spiro atoms. The fraction of sp³-hybridized carbons (Fsp3) is 0.489. The second kappa shape index (κ2) is 16.2. The fourth-order valence-corrected chi connectivity index (χ4v) is 9.15. The van der Waals surface area contributed by atoms with E-state index in [9.17, 15) is 14.4 Å². The number of esters is 2. The number of nitrogens with zero attached hydrogens (tertiary/aromatic N) is 3. The Labute approximate surface area is 346 Å². The molecule has 7 rings (SSSR count). The van der Waals surface area contributed by atoms with E-state index in [-0.39, 0.29) is 59.7 Å². The van der Waals surface area contributed by atoms with Crippen molar-refractivity contribution >= 4 is 58.5 Å². The number of hydrogen-bond donors (Lipinski definition) is 1. The quantitative estimate of drug-likeness (QED) is 0.108. The molecule has 2 fully saturated rings. The molecule has 1 N–H and O–H groups in total. The van der Waals surface area contributed by atoms with Gasteiger partial charge in [0.05, 0.1) is 7.11 Å². The van der Waals surface area contributed by atoms with Crippen LogP contribution in [-0.4, -0.2) is 66.3 Å². The Balaban J connectivity index is 0.00000532. The van der Waals surface area contributed by atoms with Crippen LogP contribution in [-0.2, 0) is 30.3 Å². The number of methoxy groups -OCH3 is 1. The molecule has 6 atom stereocenters. The van der Waals surface area contributed by atoms with Crippen LogP contribution in [0.2, 0.25) is 0 Å². The normalized spacial score (nSPS) is 28.4. The zero-order chi connectivity index (χ0) is 39.5. The van der Waals surface area contributed by atoms with Gasteiger partial charge < -0.3 is 24.8 Å². The summed E-state index contributed by atoms with van der Waals surface area (Å²) < 4.78 is 11.0. The number of aromatic nitrogens is 2. The molecule has 10 nitrogen and oxygen atoms in total. The van der Waals surface area contributed by atoms with Gasteiger partial charge in [-0.25, -0.2) is 0 Å². The Kier molecular flexibility index (Phi) is 12.0. The molecule has 0 radical (unpaired) electrons. The largest absolute Gasteiger partial charge is 2.00 e. The number of quaternary nitrogens is 1. The van der Waals surface area contributed by atoms with Gasteiger partial charge in [0.2, 0.25) is 0 Å². The number of ketones is 1. The molecule has 2 aromatic rings. The number of nitrogens with one attached hydrogen (secondary N) is 1. The minimum atomic E-state index is -1.18. The molecule has 8 bridgehead atoms. The van der Waals surface area contributed by atoms with Gasteiger partial charge in [0.15, 0.2) is 11.5 Å². The molecule has 5 aliphatic rings. The van der Waals surface area contributed by atoms with Crippen molar-refractivity contribution in [2.24, 2.45) is 23.7 Å². The summed E-state index contributed by atoms with van der Waals surface area (Å²) in [6.45, 7) is 21.1. The van der Waals surface area contributed by atoms with Crippen LogP contribution < -0.4 is 25.7 Å². The SMILES string of the molecule is C=CC1=C(C)[C@]23/C=C4\[N-]C(C5=c6[n-]/c(c(C)c6C(=O)[C@@H]5C(=O)OC)=C\c5[n-]c(c(C)c5CC)/C=C/1[NH+]2O3)[C@@H](CCC(=O)OC/C=C(/C)CCCC(C)C)[C@@H]4C.[Mg+2]. The number of hydrogen-bond acceptors (Lipinski definition) is 6. The van der Waals surface area contributed by atoms with Crippen molar-refractivity contribution < 1.29 is 33.8 Å². The molecule has 11 heteroatoms. The van der Waals surface area contributed by atoms with E-state index in [1.165, 1.54) is 12.7 Å². The summed E-state index contributed by atoms with van der Waals surface area (Å²) in [4.78, 5) is 57.8. The first-order valence-electron chi connectivity index (χ1n) is 19.8. The maximum Gasteiger partial charge on any atom is 2.00 e. The number of hydroxylamine groups is 2. The van der Waals surface area contributed by atoms with Gasteiger partial charge in [0.1, 0.15) is 12.5 Å². The average molecular weight is 771 g/mol. The molecule has 0 amide bonds. The Morgan fingerprint density at radius 3 is 2.54 bits per heavy atom. The van der Waals surface area contributed by atoms with Gasteiger partial charge in [-0.2, -0.15) is 5.70 Å².